The van der Waals surface area contributed by atoms with Gasteiger partial charge in [-0.25, -0.2) is 0 Å². The van der Waals surface area contributed by atoms with Crippen LogP contribution in [0.3, 0.4) is 0 Å². The molecule has 4 aliphatic carbocycles. The van der Waals surface area contributed by atoms with Crippen molar-refractivity contribution < 1.29 is 32.3 Å². The Balaban J connectivity index is 1.29. The number of hydrogen-bond acceptors (Lipinski definition) is 3. The van der Waals surface area contributed by atoms with Gasteiger partial charge < -0.3 is 19.6 Å². The summed E-state index contributed by atoms with van der Waals surface area (Å²) in [7, 11) is 0. The lowest BCUT2D eigenvalue weighted by Gasteiger charge is -2.68. The standard InChI is InChI=1S/C34H41F3N2O3/c1-22(2)20-39(21-24-12-13-24)17-16-31-28-11-7-14-32(31,41)27(39)19-25-10-6-15-33(42-28,29(25)31)38-30(40)26(34(35,36)37)18-23-8-4-3-5-9-23/h3-6,8-10,15,18,22,24,27-29,41H,7,11-14,16-17,19-21H2,1-2H3/p+1/t27-,28+,29?,31-,32?,33?,39?/m1/s1. The summed E-state index contributed by atoms with van der Waals surface area (Å²) in [6.07, 6.45) is 7.47. The zero-order valence-corrected chi connectivity index (χ0v) is 24.5. The van der Waals surface area contributed by atoms with Crippen molar-refractivity contribution in [3.05, 3.63) is 65.3 Å². The van der Waals surface area contributed by atoms with Crippen LogP contribution < -0.4 is 5.32 Å². The number of piperidine rings is 1. The van der Waals surface area contributed by atoms with Crippen LogP contribution in [0.25, 0.3) is 6.08 Å². The minimum atomic E-state index is -4.85. The Morgan fingerprint density at radius 3 is 2.64 bits per heavy atom. The summed E-state index contributed by atoms with van der Waals surface area (Å²) in [5.74, 6) is -0.422. The highest BCUT2D eigenvalue weighted by Gasteiger charge is 2.81. The van der Waals surface area contributed by atoms with E-state index in [1.807, 2.05) is 6.08 Å². The van der Waals surface area contributed by atoms with E-state index in [-0.39, 0.29) is 12.1 Å². The van der Waals surface area contributed by atoms with Gasteiger partial charge in [-0.1, -0.05) is 61.9 Å². The molecule has 8 heteroatoms. The van der Waals surface area contributed by atoms with Crippen LogP contribution in [0.1, 0.15) is 64.4 Å². The summed E-state index contributed by atoms with van der Waals surface area (Å²) in [6.45, 7) is 7.56. The lowest BCUT2D eigenvalue weighted by atomic mass is 9.44. The summed E-state index contributed by atoms with van der Waals surface area (Å²) in [6, 6.07) is 8.12. The summed E-state index contributed by atoms with van der Waals surface area (Å²) >= 11 is 0. The smallest absolute Gasteiger partial charge is 0.383 e. The predicted molar refractivity (Wildman–Crippen MR) is 154 cm³/mol. The van der Waals surface area contributed by atoms with Crippen LogP contribution in [0.4, 0.5) is 13.2 Å². The van der Waals surface area contributed by atoms with Gasteiger partial charge in [-0.2, -0.15) is 13.2 Å². The maximum absolute atomic E-state index is 14.3. The number of halogens is 3. The van der Waals surface area contributed by atoms with Crippen molar-refractivity contribution in [3.63, 3.8) is 0 Å². The quantitative estimate of drug-likeness (QED) is 0.310. The van der Waals surface area contributed by atoms with Crippen LogP contribution in [-0.2, 0) is 9.53 Å². The molecule has 5 nitrogen and oxygen atoms in total. The van der Waals surface area contributed by atoms with Gasteiger partial charge in [-0.15, -0.1) is 0 Å². The third-order valence-corrected chi connectivity index (χ3v) is 11.3. The number of allylic oxidation sites excluding steroid dienone is 2. The number of ether oxygens (including phenoxy) is 1. The fraction of sp³-hybridized carbons (Fsp3) is 0.618. The Morgan fingerprint density at radius 1 is 1.19 bits per heavy atom. The first-order chi connectivity index (χ1) is 19.9. The second kappa shape index (κ2) is 9.54. The van der Waals surface area contributed by atoms with Crippen molar-refractivity contribution in [1.29, 1.82) is 0 Å². The van der Waals surface area contributed by atoms with Gasteiger partial charge in [0, 0.05) is 36.0 Å². The zero-order chi connectivity index (χ0) is 29.5. The highest BCUT2D eigenvalue weighted by atomic mass is 19.4. The molecule has 1 amide bonds. The molecule has 3 saturated carbocycles. The first kappa shape index (κ1) is 28.4. The third kappa shape index (κ3) is 4.11. The molecule has 2 saturated heterocycles. The van der Waals surface area contributed by atoms with E-state index in [1.54, 1.807) is 36.4 Å². The Morgan fingerprint density at radius 2 is 1.95 bits per heavy atom. The van der Waals surface area contributed by atoms with E-state index in [4.69, 9.17) is 4.74 Å². The van der Waals surface area contributed by atoms with Gasteiger partial charge in [0.05, 0.1) is 25.7 Å². The molecule has 2 aliphatic heterocycles. The highest BCUT2D eigenvalue weighted by Crippen LogP contribution is 2.71. The van der Waals surface area contributed by atoms with Crippen molar-refractivity contribution in [2.75, 3.05) is 19.6 Å². The van der Waals surface area contributed by atoms with Gasteiger partial charge in [0.1, 0.15) is 17.2 Å². The molecule has 0 radical (unpaired) electrons. The fourth-order valence-corrected chi connectivity index (χ4v) is 9.99. The maximum Gasteiger partial charge on any atom is 0.421 e. The molecule has 42 heavy (non-hydrogen) atoms. The third-order valence-electron chi connectivity index (χ3n) is 11.3. The number of carbonyl (C=O) groups excluding carboxylic acids is 1. The van der Waals surface area contributed by atoms with Gasteiger partial charge in [0.25, 0.3) is 5.91 Å². The number of alkyl halides is 3. The van der Waals surface area contributed by atoms with Gasteiger partial charge in [-0.05, 0) is 49.8 Å². The Kier molecular flexibility index (Phi) is 6.44. The van der Waals surface area contributed by atoms with E-state index in [1.165, 1.54) is 12.8 Å². The normalized spacial score (nSPS) is 40.5. The molecule has 1 spiro atoms. The lowest BCUT2D eigenvalue weighted by Crippen LogP contribution is -2.81. The van der Waals surface area contributed by atoms with Crippen LogP contribution >= 0.6 is 0 Å². The lowest BCUT2D eigenvalue weighted by molar-refractivity contribution is -0.972. The van der Waals surface area contributed by atoms with E-state index >= 15 is 0 Å². The topological polar surface area (TPSA) is 58.6 Å². The van der Waals surface area contributed by atoms with Gasteiger partial charge in [0.2, 0.25) is 0 Å². The molecule has 1 aromatic carbocycles. The Bertz CT molecular complexity index is 1350. The number of hydrogen-bond donors (Lipinski definition) is 2. The molecule has 1 aromatic rings. The number of nitrogens with one attached hydrogen (secondary N) is 1. The number of rotatable bonds is 7. The van der Waals surface area contributed by atoms with Crippen molar-refractivity contribution >= 4 is 12.0 Å². The molecule has 7 atom stereocenters. The van der Waals surface area contributed by atoms with Crippen molar-refractivity contribution in [1.82, 2.24) is 5.32 Å². The number of aliphatic hydroxyl groups is 1. The van der Waals surface area contributed by atoms with E-state index < -0.39 is 40.3 Å². The Hall–Kier alpha value is -2.42. The summed E-state index contributed by atoms with van der Waals surface area (Å²) in [5, 5.41) is 15.8. The number of quaternary nitrogens is 1. The van der Waals surface area contributed by atoms with Crippen LogP contribution in [-0.4, -0.2) is 64.8 Å². The molecular formula is C34H42F3N2O3+. The summed E-state index contributed by atoms with van der Waals surface area (Å²) < 4.78 is 50.7. The van der Waals surface area contributed by atoms with Crippen molar-refractivity contribution in [3.8, 4) is 0 Å². The number of nitrogens with zero attached hydrogens (tertiary/aromatic N) is 1. The largest absolute Gasteiger partial charge is 0.421 e. The van der Waals surface area contributed by atoms with Crippen LogP contribution in [0.2, 0.25) is 0 Å². The molecule has 0 aromatic heterocycles. The minimum absolute atomic E-state index is 0.0184. The average Bonchev–Trinajstić information content (AvgIpc) is 3.67. The molecule has 2 N–H and O–H groups in total. The minimum Gasteiger partial charge on any atom is -0.383 e. The number of carbonyl (C=O) groups is 1. The van der Waals surface area contributed by atoms with E-state index in [0.717, 1.165) is 55.0 Å². The van der Waals surface area contributed by atoms with Crippen molar-refractivity contribution in [2.24, 2.45) is 23.2 Å². The van der Waals surface area contributed by atoms with Gasteiger partial charge in [-0.3, -0.25) is 4.79 Å². The molecular weight excluding hydrogens is 541 g/mol. The number of benzene rings is 1. The first-order valence-corrected chi connectivity index (χ1v) is 15.7. The molecule has 2 heterocycles. The van der Waals surface area contributed by atoms with Crippen LogP contribution in [0, 0.1) is 23.2 Å². The predicted octanol–water partition coefficient (Wildman–Crippen LogP) is 5.92. The second-order valence-electron chi connectivity index (χ2n) is 14.3. The molecule has 7 rings (SSSR count). The van der Waals surface area contributed by atoms with E-state index in [9.17, 15) is 23.1 Å². The second-order valence-corrected chi connectivity index (χ2v) is 14.3. The SMILES string of the molecule is CC(C)C[N+]1(CC2CC2)CC[C@]23C4C5=CC=CC4(NC(=O)C(=Cc4ccccc4)C(F)(F)F)O[C@H]2CCCC3(O)[C@H]1C5. The maximum atomic E-state index is 14.3. The molecule has 226 valence electrons. The van der Waals surface area contributed by atoms with Crippen LogP contribution in [0.15, 0.2) is 59.7 Å². The van der Waals surface area contributed by atoms with Crippen LogP contribution in [0.5, 0.6) is 0 Å². The number of amides is 1. The fourth-order valence-electron chi connectivity index (χ4n) is 9.99. The van der Waals surface area contributed by atoms with Gasteiger partial charge >= 0.3 is 6.18 Å². The first-order valence-electron chi connectivity index (χ1n) is 15.7. The zero-order valence-electron chi connectivity index (χ0n) is 24.5. The van der Waals surface area contributed by atoms with Crippen molar-refractivity contribution in [2.45, 2.75) is 88.4 Å². The summed E-state index contributed by atoms with van der Waals surface area (Å²) in [4.78, 5) is 13.6. The molecule has 6 aliphatic rings. The highest BCUT2D eigenvalue weighted by molar-refractivity contribution is 5.99. The Labute approximate surface area is 246 Å². The molecule has 4 unspecified atom stereocenters. The molecule has 2 bridgehead atoms. The average molecular weight is 584 g/mol. The number of likely N-dealkylation sites (tertiary alicyclic amines) is 1. The monoisotopic (exact) mass is 583 g/mol. The van der Waals surface area contributed by atoms with E-state index in [2.05, 4.69) is 25.2 Å². The summed E-state index contributed by atoms with van der Waals surface area (Å²) in [5.41, 5.74) is -2.95. The van der Waals surface area contributed by atoms with Gasteiger partial charge in [0.15, 0.2) is 5.72 Å². The molecule has 5 fully saturated rings. The van der Waals surface area contributed by atoms with E-state index in [0.29, 0.717) is 30.2 Å².